The molecule has 14 nitrogen and oxygen atoms in total. The average Bonchev–Trinajstić information content (AvgIpc) is 2.75. The molecule has 1 unspecified atom stereocenters. The molecule has 1 aliphatic heterocycles. The number of rotatable bonds is 9. The van der Waals surface area contributed by atoms with E-state index in [0.717, 1.165) is 4.90 Å². The van der Waals surface area contributed by atoms with Gasteiger partial charge >= 0.3 is 6.09 Å². The molecule has 0 bridgehead atoms. The molecule has 0 radical (unpaired) electrons. The Labute approximate surface area is 202 Å². The number of nitro groups is 1. The molecule has 1 aromatic carbocycles. The third kappa shape index (κ3) is 8.10. The van der Waals surface area contributed by atoms with Gasteiger partial charge < -0.3 is 25.4 Å². The van der Waals surface area contributed by atoms with Crippen molar-refractivity contribution in [2.24, 2.45) is 0 Å². The molecule has 1 aliphatic rings. The summed E-state index contributed by atoms with van der Waals surface area (Å²) in [4.78, 5) is 50.2. The molecule has 1 atom stereocenters. The topological polar surface area (TPSA) is 190 Å². The Balaban J connectivity index is 2.10. The average molecular weight is 494 g/mol. The van der Waals surface area contributed by atoms with Gasteiger partial charge in [-0.05, 0) is 57.9 Å². The summed E-state index contributed by atoms with van der Waals surface area (Å²) in [6.07, 6.45) is -0.902. The van der Waals surface area contributed by atoms with E-state index < -0.39 is 34.6 Å². The van der Waals surface area contributed by atoms with Gasteiger partial charge in [-0.2, -0.15) is 0 Å². The summed E-state index contributed by atoms with van der Waals surface area (Å²) in [7, 11) is 0. The third-order valence-corrected chi connectivity index (χ3v) is 5.13. The molecule has 1 fully saturated rings. The van der Waals surface area contributed by atoms with Crippen molar-refractivity contribution in [3.63, 3.8) is 0 Å². The lowest BCUT2D eigenvalue weighted by molar-refractivity contribution is -0.525. The molecule has 1 heterocycles. The highest BCUT2D eigenvalue weighted by molar-refractivity contribution is 5.98. The fourth-order valence-corrected chi connectivity index (χ4v) is 3.65. The summed E-state index contributed by atoms with van der Waals surface area (Å²) in [5, 5.41) is 32.0. The van der Waals surface area contributed by atoms with Crippen LogP contribution in [0.25, 0.3) is 0 Å². The van der Waals surface area contributed by atoms with Crippen molar-refractivity contribution in [1.82, 2.24) is 15.6 Å². The second kappa shape index (κ2) is 12.0. The summed E-state index contributed by atoms with van der Waals surface area (Å²) in [5.74, 6) is -1.22. The van der Waals surface area contributed by atoms with E-state index in [4.69, 9.17) is 10.1 Å². The highest BCUT2D eigenvalue weighted by atomic mass is 16.7. The molecule has 14 heteroatoms. The van der Waals surface area contributed by atoms with E-state index in [1.807, 2.05) is 0 Å². The van der Waals surface area contributed by atoms with Gasteiger partial charge in [0.05, 0.1) is 6.61 Å². The summed E-state index contributed by atoms with van der Waals surface area (Å²) in [6, 6.07) is 5.56. The van der Waals surface area contributed by atoms with Crippen molar-refractivity contribution in [2.75, 3.05) is 36.5 Å². The minimum Gasteiger partial charge on any atom is -0.465 e. The Kier molecular flexibility index (Phi) is 9.34. The zero-order valence-electron chi connectivity index (χ0n) is 19.9. The van der Waals surface area contributed by atoms with Crippen LogP contribution in [0.1, 0.15) is 33.6 Å². The summed E-state index contributed by atoms with van der Waals surface area (Å²) in [6.45, 7) is 5.99. The summed E-state index contributed by atoms with van der Waals surface area (Å²) < 4.78 is 5.13. The van der Waals surface area contributed by atoms with E-state index in [1.54, 1.807) is 55.4 Å². The van der Waals surface area contributed by atoms with Crippen molar-refractivity contribution >= 4 is 35.2 Å². The van der Waals surface area contributed by atoms with Gasteiger partial charge in [-0.1, -0.05) is 5.43 Å². The number of benzene rings is 1. The van der Waals surface area contributed by atoms with Crippen LogP contribution in [0, 0.1) is 15.5 Å². The van der Waals surface area contributed by atoms with E-state index in [2.05, 4.69) is 10.6 Å². The number of hydrogen-bond donors (Lipinski definition) is 5. The quantitative estimate of drug-likeness (QED) is 0.111. The molecule has 35 heavy (non-hydrogen) atoms. The van der Waals surface area contributed by atoms with Crippen LogP contribution in [0.3, 0.4) is 0 Å². The number of anilines is 2. The zero-order valence-corrected chi connectivity index (χ0v) is 19.9. The van der Waals surface area contributed by atoms with Gasteiger partial charge in [-0.15, -0.1) is 0 Å². The van der Waals surface area contributed by atoms with Gasteiger partial charge in [-0.25, -0.2) is 14.9 Å². The molecule has 192 valence electrons. The zero-order chi connectivity index (χ0) is 26.2. The Morgan fingerprint density at radius 1 is 1.31 bits per heavy atom. The van der Waals surface area contributed by atoms with Gasteiger partial charge in [0, 0.05) is 30.0 Å². The standard InChI is InChI=1S/C21H31N7O7/c1-21(2,3)27(20(31)32)16(5-4-10-23-19(22)25-28(33)34)18(30)24-14-6-8-15(9-7-14)26-11-12-35-13-17(26)29/h6-9,16H,4-5,10-13H2,1-3H3,(H,24,30)(H,31,32)(H3,22,23,25). The maximum Gasteiger partial charge on any atom is 0.408 e. The molecular weight excluding hydrogens is 462 g/mol. The van der Waals surface area contributed by atoms with E-state index in [0.29, 0.717) is 24.5 Å². The van der Waals surface area contributed by atoms with Crippen molar-refractivity contribution in [3.8, 4) is 0 Å². The summed E-state index contributed by atoms with van der Waals surface area (Å²) >= 11 is 0. The normalized spacial score (nSPS) is 14.6. The Morgan fingerprint density at radius 2 is 1.97 bits per heavy atom. The van der Waals surface area contributed by atoms with Gasteiger partial charge in [0.1, 0.15) is 12.6 Å². The molecule has 0 aromatic heterocycles. The highest BCUT2D eigenvalue weighted by Crippen LogP contribution is 2.23. The van der Waals surface area contributed by atoms with Crippen LogP contribution in [0.5, 0.6) is 0 Å². The van der Waals surface area contributed by atoms with Gasteiger partial charge in [0.2, 0.25) is 5.91 Å². The Morgan fingerprint density at radius 3 is 2.51 bits per heavy atom. The Hall–Kier alpha value is -3.94. The number of hydrogen-bond acceptors (Lipinski definition) is 7. The number of ether oxygens (including phenoxy) is 1. The lowest BCUT2D eigenvalue weighted by Gasteiger charge is -2.38. The number of amides is 3. The number of hydrazine groups is 1. The number of carboxylic acid groups (broad SMARTS) is 1. The maximum atomic E-state index is 13.2. The minimum absolute atomic E-state index is 0.00835. The second-order valence-electron chi connectivity index (χ2n) is 8.79. The first kappa shape index (κ1) is 27.3. The van der Waals surface area contributed by atoms with Crippen LogP contribution < -0.4 is 21.0 Å². The van der Waals surface area contributed by atoms with Gasteiger partial charge in [-0.3, -0.25) is 19.9 Å². The van der Waals surface area contributed by atoms with Crippen LogP contribution in [-0.2, 0) is 14.3 Å². The second-order valence-corrected chi connectivity index (χ2v) is 8.79. The first-order valence-electron chi connectivity index (χ1n) is 10.9. The lowest BCUT2D eigenvalue weighted by atomic mass is 9.99. The third-order valence-electron chi connectivity index (χ3n) is 5.13. The van der Waals surface area contributed by atoms with E-state index in [1.165, 1.54) is 0 Å². The van der Waals surface area contributed by atoms with E-state index in [-0.39, 0.29) is 31.9 Å². The molecule has 0 saturated carbocycles. The molecule has 0 aliphatic carbocycles. The SMILES string of the molecule is CC(C)(C)N(C(=O)O)C(CCCNC(=N)N[N+](=O)[O-])C(=O)Nc1ccc(N2CCOCC2=O)cc1. The molecular formula is C21H31N7O7. The van der Waals surface area contributed by atoms with Crippen molar-refractivity contribution in [2.45, 2.75) is 45.2 Å². The predicted molar refractivity (Wildman–Crippen MR) is 127 cm³/mol. The highest BCUT2D eigenvalue weighted by Gasteiger charge is 2.37. The smallest absolute Gasteiger partial charge is 0.408 e. The summed E-state index contributed by atoms with van der Waals surface area (Å²) in [5.41, 5.74) is 1.86. The van der Waals surface area contributed by atoms with Crippen LogP contribution in [0.4, 0.5) is 16.2 Å². The van der Waals surface area contributed by atoms with Crippen LogP contribution in [0.15, 0.2) is 24.3 Å². The number of nitrogens with zero attached hydrogens (tertiary/aromatic N) is 3. The fraction of sp³-hybridized carbons (Fsp3) is 0.524. The number of morpholine rings is 1. The maximum absolute atomic E-state index is 13.2. The fourth-order valence-electron chi connectivity index (χ4n) is 3.65. The Bertz CT molecular complexity index is 946. The number of carbonyl (C=O) groups excluding carboxylic acids is 2. The van der Waals surface area contributed by atoms with Crippen LogP contribution in [-0.4, -0.2) is 76.8 Å². The monoisotopic (exact) mass is 493 g/mol. The number of carbonyl (C=O) groups is 3. The minimum atomic E-state index is -1.27. The van der Waals surface area contributed by atoms with Crippen LogP contribution in [0.2, 0.25) is 0 Å². The van der Waals surface area contributed by atoms with Gasteiger partial charge in [0.15, 0.2) is 5.03 Å². The number of nitrogens with one attached hydrogen (secondary N) is 4. The van der Waals surface area contributed by atoms with Crippen molar-refractivity contribution < 1.29 is 29.3 Å². The first-order valence-corrected chi connectivity index (χ1v) is 10.9. The molecule has 2 rings (SSSR count). The van der Waals surface area contributed by atoms with Crippen LogP contribution >= 0.6 is 0 Å². The van der Waals surface area contributed by atoms with Crippen molar-refractivity contribution in [1.29, 1.82) is 5.41 Å². The molecule has 3 amide bonds. The molecule has 0 spiro atoms. The lowest BCUT2D eigenvalue weighted by Crippen LogP contribution is -2.55. The molecule has 1 aromatic rings. The predicted octanol–water partition coefficient (Wildman–Crippen LogP) is 1.22. The first-order chi connectivity index (χ1) is 16.4. The number of guanidine groups is 1. The van der Waals surface area contributed by atoms with E-state index in [9.17, 15) is 29.6 Å². The molecule has 1 saturated heterocycles. The van der Waals surface area contributed by atoms with Crippen molar-refractivity contribution in [3.05, 3.63) is 34.4 Å². The van der Waals surface area contributed by atoms with E-state index >= 15 is 0 Å². The van der Waals surface area contributed by atoms with Gasteiger partial charge in [0.25, 0.3) is 11.9 Å². The molecule has 5 N–H and O–H groups in total. The largest absolute Gasteiger partial charge is 0.465 e.